The van der Waals surface area contributed by atoms with Gasteiger partial charge in [0.25, 0.3) is 0 Å². The van der Waals surface area contributed by atoms with Crippen molar-refractivity contribution >= 4 is 14.2 Å². The zero-order valence-electron chi connectivity index (χ0n) is 10.8. The van der Waals surface area contributed by atoms with Crippen molar-refractivity contribution < 1.29 is 24.7 Å². The van der Waals surface area contributed by atoms with E-state index in [9.17, 15) is 10.2 Å². The van der Waals surface area contributed by atoms with E-state index in [2.05, 4.69) is 10.3 Å². The molecule has 1 aliphatic heterocycles. The average Bonchev–Trinajstić information content (AvgIpc) is 2.43. The predicted molar refractivity (Wildman–Crippen MR) is 74.0 cm³/mol. The molecular formula is C12H19N2O5P. The van der Waals surface area contributed by atoms with E-state index in [0.29, 0.717) is 12.2 Å². The molecule has 1 aromatic rings. The van der Waals surface area contributed by atoms with E-state index in [1.165, 1.54) is 0 Å². The van der Waals surface area contributed by atoms with Gasteiger partial charge in [-0.2, -0.15) is 0 Å². The number of aliphatic hydroxyl groups is 2. The summed E-state index contributed by atoms with van der Waals surface area (Å²) in [6.07, 6.45) is -0.569. The Morgan fingerprint density at radius 1 is 1.35 bits per heavy atom. The molecular weight excluding hydrogens is 283 g/mol. The zero-order valence-corrected chi connectivity index (χ0v) is 11.7. The van der Waals surface area contributed by atoms with E-state index in [4.69, 9.17) is 14.5 Å². The number of hydrogen-bond acceptors (Lipinski definition) is 7. The average molecular weight is 302 g/mol. The molecule has 0 aliphatic carbocycles. The summed E-state index contributed by atoms with van der Waals surface area (Å²) in [7, 11) is -1.97. The lowest BCUT2D eigenvalue weighted by Crippen LogP contribution is -2.51. The summed E-state index contributed by atoms with van der Waals surface area (Å²) in [5, 5.41) is 22.7. The third-order valence-electron chi connectivity index (χ3n) is 3.15. The highest BCUT2D eigenvalue weighted by atomic mass is 31.2. The number of nitrogens with zero attached hydrogens (tertiary/aromatic N) is 1. The zero-order chi connectivity index (χ0) is 14.5. The van der Waals surface area contributed by atoms with Crippen LogP contribution in [0.15, 0.2) is 24.4 Å². The minimum Gasteiger partial charge on any atom is -0.390 e. The Kier molecular flexibility index (Phi) is 5.65. The van der Waals surface area contributed by atoms with Gasteiger partial charge in [-0.1, -0.05) is 6.07 Å². The smallest absolute Gasteiger partial charge is 0.165 e. The molecule has 112 valence electrons. The summed E-state index contributed by atoms with van der Waals surface area (Å²) >= 11 is 0. The molecule has 1 aliphatic rings. The number of aliphatic hydroxyl groups excluding tert-OH is 2. The van der Waals surface area contributed by atoms with Crippen LogP contribution in [0.2, 0.25) is 0 Å². The maximum absolute atomic E-state index is 9.93. The summed E-state index contributed by atoms with van der Waals surface area (Å²) < 4.78 is 5.65. The fraction of sp³-hybridized carbons (Fsp3) is 0.583. The second-order valence-electron chi connectivity index (χ2n) is 4.72. The Morgan fingerprint density at radius 2 is 2.15 bits per heavy atom. The van der Waals surface area contributed by atoms with Crippen LogP contribution in [-0.2, 0) is 4.74 Å². The Morgan fingerprint density at radius 3 is 2.80 bits per heavy atom. The topological polar surface area (TPSA) is 115 Å². The molecule has 20 heavy (non-hydrogen) atoms. The monoisotopic (exact) mass is 302 g/mol. The van der Waals surface area contributed by atoms with Gasteiger partial charge in [-0.3, -0.25) is 0 Å². The van der Waals surface area contributed by atoms with E-state index in [1.54, 1.807) is 24.4 Å². The summed E-state index contributed by atoms with van der Waals surface area (Å²) in [6.45, 7) is 0. The van der Waals surface area contributed by atoms with Crippen LogP contribution in [0.4, 0.5) is 5.82 Å². The first-order valence-corrected chi connectivity index (χ1v) is 7.84. The Bertz CT molecular complexity index is 408. The van der Waals surface area contributed by atoms with Gasteiger partial charge in [0.1, 0.15) is 11.9 Å². The van der Waals surface area contributed by atoms with Crippen molar-refractivity contribution in [3.8, 4) is 0 Å². The SMILES string of the molecule is OC1CC(CCP(O)O)OC(Nc2ccccn2)C1O. The highest BCUT2D eigenvalue weighted by Gasteiger charge is 2.36. The van der Waals surface area contributed by atoms with Gasteiger partial charge in [-0.25, -0.2) is 4.98 Å². The minimum absolute atomic E-state index is 0.221. The number of ether oxygens (including phenoxy) is 1. The highest BCUT2D eigenvalue weighted by molar-refractivity contribution is 7.45. The van der Waals surface area contributed by atoms with Crippen molar-refractivity contribution in [2.45, 2.75) is 37.4 Å². The van der Waals surface area contributed by atoms with Crippen LogP contribution in [0, 0.1) is 0 Å². The molecule has 0 spiro atoms. The first kappa shape index (κ1) is 15.6. The minimum atomic E-state index is -1.97. The van der Waals surface area contributed by atoms with Crippen molar-refractivity contribution in [1.29, 1.82) is 0 Å². The van der Waals surface area contributed by atoms with Crippen LogP contribution in [0.3, 0.4) is 0 Å². The van der Waals surface area contributed by atoms with E-state index < -0.39 is 26.8 Å². The van der Waals surface area contributed by atoms with Crippen LogP contribution >= 0.6 is 8.38 Å². The third kappa shape index (κ3) is 4.34. The number of pyridine rings is 1. The molecule has 0 amide bonds. The maximum Gasteiger partial charge on any atom is 0.165 e. The van der Waals surface area contributed by atoms with E-state index in [1.807, 2.05) is 0 Å². The largest absolute Gasteiger partial charge is 0.390 e. The molecule has 2 rings (SSSR count). The highest BCUT2D eigenvalue weighted by Crippen LogP contribution is 2.29. The molecule has 1 fully saturated rings. The fourth-order valence-electron chi connectivity index (χ4n) is 2.11. The van der Waals surface area contributed by atoms with Gasteiger partial charge in [0.05, 0.1) is 12.2 Å². The number of aromatic nitrogens is 1. The number of hydrogen-bond donors (Lipinski definition) is 5. The second-order valence-corrected chi connectivity index (χ2v) is 5.91. The van der Waals surface area contributed by atoms with Crippen molar-refractivity contribution in [3.05, 3.63) is 24.4 Å². The molecule has 0 aromatic carbocycles. The molecule has 2 heterocycles. The molecule has 1 aromatic heterocycles. The van der Waals surface area contributed by atoms with Gasteiger partial charge in [0.2, 0.25) is 0 Å². The van der Waals surface area contributed by atoms with Crippen LogP contribution in [-0.4, -0.2) is 55.7 Å². The standard InChI is InChI=1S/C12H19N2O5P/c15-9-7-8(4-6-20(17)18)19-12(11(9)16)14-10-3-1-2-5-13-10/h1-3,5,8-9,11-12,15-18H,4,6-7H2,(H,13,14). The summed E-state index contributed by atoms with van der Waals surface area (Å²) in [4.78, 5) is 21.9. The van der Waals surface area contributed by atoms with Gasteiger partial charge >= 0.3 is 0 Å². The summed E-state index contributed by atoms with van der Waals surface area (Å²) in [6, 6.07) is 5.29. The third-order valence-corrected chi connectivity index (χ3v) is 3.81. The van der Waals surface area contributed by atoms with Crippen LogP contribution in [0.1, 0.15) is 12.8 Å². The maximum atomic E-state index is 9.93. The Hall–Kier alpha value is -0.820. The summed E-state index contributed by atoms with van der Waals surface area (Å²) in [5.74, 6) is 0.538. The lowest BCUT2D eigenvalue weighted by Gasteiger charge is -2.37. The molecule has 5 N–H and O–H groups in total. The molecule has 4 atom stereocenters. The normalized spacial score (nSPS) is 30.4. The Labute approximate surface area is 118 Å². The first-order valence-electron chi connectivity index (χ1n) is 6.40. The van der Waals surface area contributed by atoms with E-state index >= 15 is 0 Å². The van der Waals surface area contributed by atoms with Gasteiger partial charge in [0.15, 0.2) is 14.6 Å². The molecule has 1 saturated heterocycles. The van der Waals surface area contributed by atoms with Gasteiger partial charge in [0, 0.05) is 18.8 Å². The quantitative estimate of drug-likeness (QED) is 0.487. The van der Waals surface area contributed by atoms with Crippen molar-refractivity contribution in [2.75, 3.05) is 11.5 Å². The van der Waals surface area contributed by atoms with Gasteiger partial charge in [-0.05, 0) is 18.6 Å². The first-order chi connectivity index (χ1) is 9.56. The van der Waals surface area contributed by atoms with Crippen LogP contribution in [0.25, 0.3) is 0 Å². The predicted octanol–water partition coefficient (Wildman–Crippen LogP) is 0.0169. The molecule has 0 bridgehead atoms. The van der Waals surface area contributed by atoms with E-state index in [-0.39, 0.29) is 18.7 Å². The number of rotatable bonds is 5. The van der Waals surface area contributed by atoms with Gasteiger partial charge < -0.3 is 30.1 Å². The van der Waals surface area contributed by atoms with E-state index in [0.717, 1.165) is 0 Å². The summed E-state index contributed by atoms with van der Waals surface area (Å²) in [5.41, 5.74) is 0. The lowest BCUT2D eigenvalue weighted by atomic mass is 10.00. The number of anilines is 1. The van der Waals surface area contributed by atoms with Crippen molar-refractivity contribution in [1.82, 2.24) is 4.98 Å². The van der Waals surface area contributed by atoms with Crippen molar-refractivity contribution in [3.63, 3.8) is 0 Å². The van der Waals surface area contributed by atoms with Crippen LogP contribution < -0.4 is 5.32 Å². The molecule has 0 saturated carbocycles. The van der Waals surface area contributed by atoms with Crippen molar-refractivity contribution in [2.24, 2.45) is 0 Å². The molecule has 7 nitrogen and oxygen atoms in total. The fourth-order valence-corrected chi connectivity index (χ4v) is 2.63. The lowest BCUT2D eigenvalue weighted by molar-refractivity contribution is -0.158. The second kappa shape index (κ2) is 7.26. The molecule has 8 heteroatoms. The number of nitrogens with one attached hydrogen (secondary N) is 1. The molecule has 4 unspecified atom stereocenters. The molecule has 0 radical (unpaired) electrons. The van der Waals surface area contributed by atoms with Crippen LogP contribution in [0.5, 0.6) is 0 Å². The van der Waals surface area contributed by atoms with Gasteiger partial charge in [-0.15, -0.1) is 0 Å². The Balaban J connectivity index is 1.95.